The van der Waals surface area contributed by atoms with Gasteiger partial charge in [-0.2, -0.15) is 0 Å². The van der Waals surface area contributed by atoms with Crippen LogP contribution < -0.4 is 16.4 Å². The zero-order valence-corrected chi connectivity index (χ0v) is 19.7. The molecule has 0 aliphatic heterocycles. The van der Waals surface area contributed by atoms with Crippen LogP contribution in [0.4, 0.5) is 17.1 Å². The van der Waals surface area contributed by atoms with Crippen LogP contribution in [0.2, 0.25) is 0 Å². The van der Waals surface area contributed by atoms with Crippen LogP contribution in [0.1, 0.15) is 44.6 Å². The Labute approximate surface area is 195 Å². The van der Waals surface area contributed by atoms with Gasteiger partial charge in [0.15, 0.2) is 0 Å². The molecular weight excluding hydrogens is 412 g/mol. The van der Waals surface area contributed by atoms with Crippen molar-refractivity contribution >= 4 is 39.8 Å². The van der Waals surface area contributed by atoms with Crippen LogP contribution >= 0.6 is 0 Å². The topological polar surface area (TPSA) is 89.2 Å². The molecule has 6 heteroatoms. The predicted octanol–water partition coefficient (Wildman–Crippen LogP) is 5.98. The maximum atomic E-state index is 13.1. The molecule has 0 spiro atoms. The Morgan fingerprint density at radius 3 is 2.33 bits per heavy atom. The molecule has 4 N–H and O–H groups in total. The highest BCUT2D eigenvalue weighted by Gasteiger charge is 2.18. The first kappa shape index (κ1) is 23.9. The standard InChI is InChI=1S/C27H32N4O2/c1-5-6-7-8-15-31-23-14-13-22(29-25(32)18-27(2,3)4)16-19(23)17-24(31)26(33)30-21-11-9-20(28)10-12-21/h5-14,16-17H,15,18,28H2,1-4H3,(H,29,32)(H,30,33)/b6-5-,8-7-. The average Bonchev–Trinajstić information content (AvgIpc) is 3.09. The van der Waals surface area contributed by atoms with Crippen molar-refractivity contribution in [2.75, 3.05) is 16.4 Å². The summed E-state index contributed by atoms with van der Waals surface area (Å²) in [7, 11) is 0. The summed E-state index contributed by atoms with van der Waals surface area (Å²) in [4.78, 5) is 25.5. The van der Waals surface area contributed by atoms with Crippen molar-refractivity contribution in [2.45, 2.75) is 40.7 Å². The summed E-state index contributed by atoms with van der Waals surface area (Å²) < 4.78 is 1.96. The lowest BCUT2D eigenvalue weighted by Gasteiger charge is -2.17. The molecule has 0 atom stereocenters. The molecule has 33 heavy (non-hydrogen) atoms. The van der Waals surface area contributed by atoms with Gasteiger partial charge in [-0.3, -0.25) is 9.59 Å². The molecule has 2 amide bonds. The highest BCUT2D eigenvalue weighted by molar-refractivity contribution is 6.07. The minimum absolute atomic E-state index is 0.0307. The van der Waals surface area contributed by atoms with Crippen molar-refractivity contribution < 1.29 is 9.59 Å². The molecule has 0 radical (unpaired) electrons. The number of hydrogen-bond donors (Lipinski definition) is 3. The van der Waals surface area contributed by atoms with Crippen molar-refractivity contribution in [3.8, 4) is 0 Å². The van der Waals surface area contributed by atoms with E-state index in [1.807, 2.05) is 80.8 Å². The minimum Gasteiger partial charge on any atom is -0.399 e. The Morgan fingerprint density at radius 2 is 1.67 bits per heavy atom. The minimum atomic E-state index is -0.214. The number of anilines is 3. The molecule has 0 saturated heterocycles. The first-order chi connectivity index (χ1) is 15.7. The number of aromatic nitrogens is 1. The van der Waals surface area contributed by atoms with E-state index in [1.54, 1.807) is 24.3 Å². The lowest BCUT2D eigenvalue weighted by molar-refractivity contribution is -0.117. The average molecular weight is 445 g/mol. The second kappa shape index (κ2) is 10.2. The van der Waals surface area contributed by atoms with E-state index in [2.05, 4.69) is 10.6 Å². The number of nitrogens with two attached hydrogens (primary N) is 1. The first-order valence-electron chi connectivity index (χ1n) is 11.0. The van der Waals surface area contributed by atoms with Crippen LogP contribution in [-0.4, -0.2) is 16.4 Å². The van der Waals surface area contributed by atoms with Gasteiger partial charge in [0.05, 0.1) is 0 Å². The predicted molar refractivity (Wildman–Crippen MR) is 137 cm³/mol. The highest BCUT2D eigenvalue weighted by Crippen LogP contribution is 2.26. The lowest BCUT2D eigenvalue weighted by Crippen LogP contribution is -2.19. The Balaban J connectivity index is 1.93. The van der Waals surface area contributed by atoms with Gasteiger partial charge >= 0.3 is 0 Å². The van der Waals surface area contributed by atoms with Gasteiger partial charge in [-0.15, -0.1) is 0 Å². The number of rotatable bonds is 7. The normalized spacial score (nSPS) is 12.0. The molecule has 6 nitrogen and oxygen atoms in total. The number of allylic oxidation sites excluding steroid dienone is 4. The molecule has 1 heterocycles. The molecule has 0 aliphatic carbocycles. The van der Waals surface area contributed by atoms with E-state index in [4.69, 9.17) is 5.73 Å². The monoisotopic (exact) mass is 444 g/mol. The zero-order chi connectivity index (χ0) is 24.0. The number of carbonyl (C=O) groups is 2. The largest absolute Gasteiger partial charge is 0.399 e. The smallest absolute Gasteiger partial charge is 0.272 e. The molecule has 0 aliphatic rings. The number of nitrogens with one attached hydrogen (secondary N) is 2. The maximum absolute atomic E-state index is 13.1. The van der Waals surface area contributed by atoms with Gasteiger partial charge < -0.3 is 20.9 Å². The van der Waals surface area contributed by atoms with E-state index >= 15 is 0 Å². The van der Waals surface area contributed by atoms with Crippen molar-refractivity contribution in [2.24, 2.45) is 5.41 Å². The van der Waals surface area contributed by atoms with E-state index in [-0.39, 0.29) is 17.2 Å². The molecule has 2 aromatic carbocycles. The molecule has 0 unspecified atom stereocenters. The third-order valence-electron chi connectivity index (χ3n) is 5.00. The maximum Gasteiger partial charge on any atom is 0.272 e. The van der Waals surface area contributed by atoms with Crippen LogP contribution in [0.3, 0.4) is 0 Å². The number of carbonyl (C=O) groups excluding carboxylic acids is 2. The Bertz CT molecular complexity index is 1200. The fourth-order valence-corrected chi connectivity index (χ4v) is 3.54. The second-order valence-corrected chi connectivity index (χ2v) is 9.23. The third-order valence-corrected chi connectivity index (χ3v) is 5.00. The summed E-state index contributed by atoms with van der Waals surface area (Å²) in [6.45, 7) is 8.58. The number of hydrogen-bond acceptors (Lipinski definition) is 3. The van der Waals surface area contributed by atoms with Crippen LogP contribution in [0.15, 0.2) is 72.8 Å². The number of nitrogens with zero attached hydrogens (tertiary/aromatic N) is 1. The van der Waals surface area contributed by atoms with Crippen LogP contribution in [-0.2, 0) is 11.3 Å². The summed E-state index contributed by atoms with van der Waals surface area (Å²) in [6, 6.07) is 14.6. The fourth-order valence-electron chi connectivity index (χ4n) is 3.54. The molecule has 0 fully saturated rings. The van der Waals surface area contributed by atoms with E-state index in [0.29, 0.717) is 35.7 Å². The fraction of sp³-hybridized carbons (Fsp3) is 0.259. The molecule has 0 saturated carbocycles. The summed E-state index contributed by atoms with van der Waals surface area (Å²) in [6.07, 6.45) is 8.28. The molecule has 3 rings (SSSR count). The molecular formula is C27H32N4O2. The molecule has 172 valence electrons. The molecule has 0 bridgehead atoms. The van der Waals surface area contributed by atoms with Gasteiger partial charge in [-0.25, -0.2) is 0 Å². The summed E-state index contributed by atoms with van der Waals surface area (Å²) in [5, 5.41) is 6.79. The van der Waals surface area contributed by atoms with Crippen molar-refractivity contribution in [1.82, 2.24) is 4.57 Å². The Morgan fingerprint density at radius 1 is 0.970 bits per heavy atom. The summed E-state index contributed by atoms with van der Waals surface area (Å²) in [5.41, 5.74) is 9.12. The summed E-state index contributed by atoms with van der Waals surface area (Å²) >= 11 is 0. The number of benzene rings is 2. The van der Waals surface area contributed by atoms with E-state index in [1.165, 1.54) is 0 Å². The van der Waals surface area contributed by atoms with Crippen LogP contribution in [0, 0.1) is 5.41 Å². The third kappa shape index (κ3) is 6.59. The number of amides is 2. The Kier molecular flexibility index (Phi) is 7.38. The summed E-state index contributed by atoms with van der Waals surface area (Å²) in [5.74, 6) is -0.245. The van der Waals surface area contributed by atoms with Crippen molar-refractivity contribution in [3.63, 3.8) is 0 Å². The molecule has 3 aromatic rings. The molecule has 1 aromatic heterocycles. The van der Waals surface area contributed by atoms with Crippen LogP contribution in [0.5, 0.6) is 0 Å². The van der Waals surface area contributed by atoms with Gasteiger partial charge in [0.25, 0.3) is 5.91 Å². The van der Waals surface area contributed by atoms with Gasteiger partial charge in [-0.05, 0) is 60.9 Å². The highest BCUT2D eigenvalue weighted by atomic mass is 16.2. The van der Waals surface area contributed by atoms with Crippen molar-refractivity contribution in [3.05, 3.63) is 78.5 Å². The lowest BCUT2D eigenvalue weighted by atomic mass is 9.92. The first-order valence-corrected chi connectivity index (χ1v) is 11.0. The van der Waals surface area contributed by atoms with Crippen molar-refractivity contribution in [1.29, 1.82) is 0 Å². The zero-order valence-electron chi connectivity index (χ0n) is 19.7. The number of fused-ring (bicyclic) bond motifs is 1. The SMILES string of the molecule is C/C=C\C=C/Cn1c(C(=O)Nc2ccc(N)cc2)cc2cc(NC(=O)CC(C)(C)C)ccc21. The van der Waals surface area contributed by atoms with E-state index in [0.717, 1.165) is 10.9 Å². The van der Waals surface area contributed by atoms with Gasteiger partial charge in [0.2, 0.25) is 5.91 Å². The van der Waals surface area contributed by atoms with Crippen LogP contribution in [0.25, 0.3) is 10.9 Å². The Hall–Kier alpha value is -3.80. The quantitative estimate of drug-likeness (QED) is 0.309. The van der Waals surface area contributed by atoms with Gasteiger partial charge in [-0.1, -0.05) is 45.1 Å². The van der Waals surface area contributed by atoms with Gasteiger partial charge in [0.1, 0.15) is 5.69 Å². The van der Waals surface area contributed by atoms with E-state index < -0.39 is 0 Å². The van der Waals surface area contributed by atoms with Gasteiger partial charge in [0, 0.05) is 40.9 Å². The number of nitrogen functional groups attached to an aromatic ring is 1. The van der Waals surface area contributed by atoms with E-state index in [9.17, 15) is 9.59 Å². The second-order valence-electron chi connectivity index (χ2n) is 9.23.